The number of benzene rings is 1. The monoisotopic (exact) mass is 490 g/mol. The van der Waals surface area contributed by atoms with Gasteiger partial charge in [-0.2, -0.15) is 0 Å². The van der Waals surface area contributed by atoms with E-state index in [9.17, 15) is 22.8 Å². The Morgan fingerprint density at radius 3 is 2.79 bits per heavy atom. The average molecular weight is 491 g/mol. The molecule has 2 aliphatic rings. The predicted octanol–water partition coefficient (Wildman–Crippen LogP) is -0.0978. The van der Waals surface area contributed by atoms with Crippen molar-refractivity contribution in [3.8, 4) is 0 Å². The first-order valence-corrected chi connectivity index (χ1v) is 12.3. The van der Waals surface area contributed by atoms with Crippen LogP contribution in [0.3, 0.4) is 0 Å². The van der Waals surface area contributed by atoms with E-state index in [1.807, 2.05) is 4.90 Å². The van der Waals surface area contributed by atoms with Crippen molar-refractivity contribution in [2.75, 3.05) is 23.8 Å². The Morgan fingerprint density at radius 1 is 1.21 bits per heavy atom. The van der Waals surface area contributed by atoms with Crippen LogP contribution in [0, 0.1) is 0 Å². The molecular weight excluding hydrogens is 472 g/mol. The van der Waals surface area contributed by atoms with Gasteiger partial charge < -0.3 is 14.2 Å². The molecule has 33 heavy (non-hydrogen) atoms. The predicted molar refractivity (Wildman–Crippen MR) is 121 cm³/mol. The van der Waals surface area contributed by atoms with Gasteiger partial charge in [-0.3, -0.25) is 13.9 Å². The van der Waals surface area contributed by atoms with Gasteiger partial charge in [0.05, 0.1) is 29.9 Å². The fourth-order valence-electron chi connectivity index (χ4n) is 3.74. The molecule has 0 N–H and O–H groups in total. The van der Waals surface area contributed by atoms with Gasteiger partial charge in [-0.15, -0.1) is 4.40 Å². The van der Waals surface area contributed by atoms with Crippen LogP contribution in [-0.4, -0.2) is 57.1 Å². The van der Waals surface area contributed by atoms with Gasteiger partial charge in [-0.25, -0.2) is 23.0 Å². The maximum Gasteiger partial charge on any atom is 0.338 e. The molecule has 1 aromatic carbocycles. The first-order chi connectivity index (χ1) is 15.7. The Morgan fingerprint density at radius 2 is 2.00 bits per heavy atom. The molecule has 14 heteroatoms. The van der Waals surface area contributed by atoms with Crippen molar-refractivity contribution in [2.24, 2.45) is 18.5 Å². The first-order valence-electron chi connectivity index (χ1n) is 9.86. The molecule has 172 valence electrons. The maximum atomic E-state index is 12.6. The standard InChI is InChI=1S/C19H18N6O6S2/c1-22-15-14(16(26)23(2)19(22)28)24(10-20-15)5-7-31-17(27)11-3-4-12-13(9-11)32-18-21-33(29,30)8-6-25(12)18/h3-4,9-10H,5-8H2,1-2H3. The summed E-state index contributed by atoms with van der Waals surface area (Å²) >= 11 is 1.19. The van der Waals surface area contributed by atoms with Gasteiger partial charge in [0.15, 0.2) is 16.3 Å². The van der Waals surface area contributed by atoms with Crippen molar-refractivity contribution in [3.63, 3.8) is 0 Å². The number of ether oxygens (including phenoxy) is 1. The number of aryl methyl sites for hydroxylation is 1. The molecule has 0 saturated heterocycles. The second-order valence-electron chi connectivity index (χ2n) is 7.55. The SMILES string of the molecule is Cn1c(=O)c2c(ncn2CCOC(=O)c2ccc3c(c2)SC2=NS(=O)(=O)CCN23)n(C)c1=O. The largest absolute Gasteiger partial charge is 0.460 e. The maximum absolute atomic E-state index is 12.6. The molecule has 2 aromatic heterocycles. The highest BCUT2D eigenvalue weighted by Gasteiger charge is 2.33. The molecule has 2 aliphatic heterocycles. The zero-order valence-corrected chi connectivity index (χ0v) is 19.2. The van der Waals surface area contributed by atoms with E-state index < -0.39 is 27.2 Å². The van der Waals surface area contributed by atoms with Crippen molar-refractivity contribution < 1.29 is 17.9 Å². The van der Waals surface area contributed by atoms with Crippen LogP contribution in [0.1, 0.15) is 10.4 Å². The minimum absolute atomic E-state index is 0.0163. The number of thioether (sulfide) groups is 1. The lowest BCUT2D eigenvalue weighted by atomic mass is 10.2. The van der Waals surface area contributed by atoms with E-state index in [-0.39, 0.29) is 30.1 Å². The number of rotatable bonds is 4. The van der Waals surface area contributed by atoms with Crippen LogP contribution in [0.2, 0.25) is 0 Å². The molecule has 0 atom stereocenters. The molecule has 0 saturated carbocycles. The third-order valence-corrected chi connectivity index (χ3v) is 7.80. The average Bonchev–Trinajstić information content (AvgIpc) is 3.35. The number of sulfonamides is 1. The Labute approximate surface area is 191 Å². The van der Waals surface area contributed by atoms with Crippen LogP contribution in [0.5, 0.6) is 0 Å². The number of carbonyl (C=O) groups excluding carboxylic acids is 1. The summed E-state index contributed by atoms with van der Waals surface area (Å²) in [5, 5.41) is 0.379. The lowest BCUT2D eigenvalue weighted by Gasteiger charge is -2.22. The van der Waals surface area contributed by atoms with Crippen LogP contribution in [0.4, 0.5) is 5.69 Å². The van der Waals surface area contributed by atoms with Crippen LogP contribution in [0.15, 0.2) is 43.4 Å². The van der Waals surface area contributed by atoms with Crippen molar-refractivity contribution in [1.29, 1.82) is 0 Å². The summed E-state index contributed by atoms with van der Waals surface area (Å²) in [6.07, 6.45) is 1.43. The first kappa shape index (κ1) is 21.5. The van der Waals surface area contributed by atoms with E-state index in [0.717, 1.165) is 15.1 Å². The number of aromatic nitrogens is 4. The number of hydrogen-bond acceptors (Lipinski definition) is 9. The summed E-state index contributed by atoms with van der Waals surface area (Å²) in [5.74, 6) is -0.608. The zero-order chi connectivity index (χ0) is 23.5. The lowest BCUT2D eigenvalue weighted by Crippen LogP contribution is -2.37. The minimum atomic E-state index is -3.46. The summed E-state index contributed by atoms with van der Waals surface area (Å²) in [4.78, 5) is 43.8. The summed E-state index contributed by atoms with van der Waals surface area (Å²) in [5.41, 5.74) is 0.672. The molecule has 0 aliphatic carbocycles. The number of anilines is 1. The quantitative estimate of drug-likeness (QED) is 0.459. The van der Waals surface area contributed by atoms with Gasteiger partial charge in [-0.05, 0) is 30.0 Å². The summed E-state index contributed by atoms with van der Waals surface area (Å²) in [6.45, 7) is 0.476. The Balaban J connectivity index is 1.31. The van der Waals surface area contributed by atoms with Crippen LogP contribution >= 0.6 is 11.8 Å². The van der Waals surface area contributed by atoms with Gasteiger partial charge in [0.1, 0.15) is 6.61 Å². The Bertz CT molecular complexity index is 1580. The van der Waals surface area contributed by atoms with Gasteiger partial charge in [0.2, 0.25) is 0 Å². The number of amidine groups is 1. The normalized spacial score (nSPS) is 16.4. The molecular formula is C19H18N6O6S2. The topological polar surface area (TPSA) is 138 Å². The molecule has 0 fully saturated rings. The van der Waals surface area contributed by atoms with Gasteiger partial charge >= 0.3 is 11.7 Å². The molecule has 0 unspecified atom stereocenters. The summed E-state index contributed by atoms with van der Waals surface area (Å²) in [6, 6.07) is 5.01. The second-order valence-corrected chi connectivity index (χ2v) is 10.3. The third-order valence-electron chi connectivity index (χ3n) is 5.49. The van der Waals surface area contributed by atoms with Crippen molar-refractivity contribution in [2.45, 2.75) is 11.4 Å². The highest BCUT2D eigenvalue weighted by molar-refractivity contribution is 8.15. The highest BCUT2D eigenvalue weighted by atomic mass is 32.2. The molecule has 0 radical (unpaired) electrons. The van der Waals surface area contributed by atoms with Gasteiger partial charge in [-0.1, -0.05) is 0 Å². The Kier molecular flexibility index (Phi) is 4.93. The van der Waals surface area contributed by atoms with Crippen LogP contribution < -0.4 is 16.1 Å². The molecule has 12 nitrogen and oxygen atoms in total. The van der Waals surface area contributed by atoms with Crippen molar-refractivity contribution in [3.05, 3.63) is 50.9 Å². The fourth-order valence-corrected chi connectivity index (χ4v) is 6.04. The van der Waals surface area contributed by atoms with Crippen LogP contribution in [0.25, 0.3) is 11.2 Å². The molecule has 0 bridgehead atoms. The van der Waals surface area contributed by atoms with Crippen molar-refractivity contribution in [1.82, 2.24) is 18.7 Å². The third kappa shape index (κ3) is 3.54. The number of carbonyl (C=O) groups is 1. The number of imidazole rings is 1. The summed E-state index contributed by atoms with van der Waals surface area (Å²) in [7, 11) is -0.539. The number of fused-ring (bicyclic) bond motifs is 4. The van der Waals surface area contributed by atoms with Crippen molar-refractivity contribution >= 4 is 49.8 Å². The molecule has 4 heterocycles. The molecule has 0 amide bonds. The van der Waals surface area contributed by atoms with E-state index in [0.29, 0.717) is 17.3 Å². The number of esters is 1. The van der Waals surface area contributed by atoms with E-state index >= 15 is 0 Å². The van der Waals surface area contributed by atoms with Crippen LogP contribution in [-0.2, 0) is 35.4 Å². The van der Waals surface area contributed by atoms with E-state index in [4.69, 9.17) is 4.74 Å². The van der Waals surface area contributed by atoms with E-state index in [1.54, 1.807) is 22.8 Å². The van der Waals surface area contributed by atoms with E-state index in [2.05, 4.69) is 9.38 Å². The smallest absolute Gasteiger partial charge is 0.338 e. The van der Waals surface area contributed by atoms with Gasteiger partial charge in [0, 0.05) is 25.5 Å². The minimum Gasteiger partial charge on any atom is -0.460 e. The number of nitrogens with zero attached hydrogens (tertiary/aromatic N) is 6. The fraction of sp³-hybridized carbons (Fsp3) is 0.316. The second kappa shape index (κ2) is 7.59. The zero-order valence-electron chi connectivity index (χ0n) is 17.6. The number of hydrogen-bond donors (Lipinski definition) is 0. The Hall–Kier alpha value is -3.39. The summed E-state index contributed by atoms with van der Waals surface area (Å²) < 4.78 is 36.5. The van der Waals surface area contributed by atoms with E-state index in [1.165, 1.54) is 36.8 Å². The van der Waals surface area contributed by atoms with Gasteiger partial charge in [0.25, 0.3) is 15.6 Å². The molecule has 0 spiro atoms. The highest BCUT2D eigenvalue weighted by Crippen LogP contribution is 2.42. The molecule has 3 aromatic rings. The molecule has 5 rings (SSSR count). The lowest BCUT2D eigenvalue weighted by molar-refractivity contribution is 0.0492.